The van der Waals surface area contributed by atoms with Gasteiger partial charge in [0.1, 0.15) is 6.54 Å². The van der Waals surface area contributed by atoms with Crippen LogP contribution in [0.2, 0.25) is 0 Å². The highest BCUT2D eigenvalue weighted by molar-refractivity contribution is 7.92. The quantitative estimate of drug-likeness (QED) is 0.853. The maximum absolute atomic E-state index is 12.3. The Labute approximate surface area is 142 Å². The van der Waals surface area contributed by atoms with Crippen molar-refractivity contribution in [2.24, 2.45) is 7.05 Å². The van der Waals surface area contributed by atoms with Gasteiger partial charge in [-0.05, 0) is 31.5 Å². The van der Waals surface area contributed by atoms with Crippen LogP contribution < -0.4 is 9.62 Å². The monoisotopic (exact) mass is 350 g/mol. The normalized spacial score (nSPS) is 12.7. The van der Waals surface area contributed by atoms with Gasteiger partial charge in [-0.15, -0.1) is 0 Å². The van der Waals surface area contributed by atoms with Gasteiger partial charge in [0.15, 0.2) is 0 Å². The van der Waals surface area contributed by atoms with E-state index < -0.39 is 10.0 Å². The SMILES string of the molecule is Cc1cccc(N(CC(=O)NC(C)c2cnn(C)c2)S(C)(=O)=O)c1. The minimum atomic E-state index is -3.57. The molecule has 0 fully saturated rings. The minimum Gasteiger partial charge on any atom is -0.348 e. The number of nitrogens with zero attached hydrogens (tertiary/aromatic N) is 3. The number of hydrogen-bond acceptors (Lipinski definition) is 4. The highest BCUT2D eigenvalue weighted by Crippen LogP contribution is 2.19. The fourth-order valence-electron chi connectivity index (χ4n) is 2.35. The first kappa shape index (κ1) is 18.0. The molecule has 1 unspecified atom stereocenters. The van der Waals surface area contributed by atoms with Gasteiger partial charge < -0.3 is 5.32 Å². The Bertz CT molecular complexity index is 829. The molecule has 2 rings (SSSR count). The second-order valence-electron chi connectivity index (χ2n) is 5.85. The van der Waals surface area contributed by atoms with Gasteiger partial charge in [0.25, 0.3) is 0 Å². The van der Waals surface area contributed by atoms with Crippen LogP contribution in [0.25, 0.3) is 0 Å². The second-order valence-corrected chi connectivity index (χ2v) is 7.75. The number of sulfonamides is 1. The molecule has 8 heteroatoms. The minimum absolute atomic E-state index is 0.259. The standard InChI is InChI=1S/C16H22N4O3S/c1-12-6-5-7-15(8-12)20(24(4,22)23)11-16(21)18-13(2)14-9-17-19(3)10-14/h5-10,13H,11H2,1-4H3,(H,18,21). The van der Waals surface area contributed by atoms with Gasteiger partial charge in [0.2, 0.25) is 15.9 Å². The smallest absolute Gasteiger partial charge is 0.241 e. The summed E-state index contributed by atoms with van der Waals surface area (Å²) in [4.78, 5) is 12.3. The summed E-state index contributed by atoms with van der Waals surface area (Å²) < 4.78 is 26.9. The molecule has 7 nitrogen and oxygen atoms in total. The van der Waals surface area contributed by atoms with E-state index in [2.05, 4.69) is 10.4 Å². The summed E-state index contributed by atoms with van der Waals surface area (Å²) in [6.45, 7) is 3.42. The number of anilines is 1. The zero-order valence-electron chi connectivity index (χ0n) is 14.2. The molecule has 0 saturated heterocycles. The Morgan fingerprint density at radius 2 is 2.12 bits per heavy atom. The van der Waals surface area contributed by atoms with E-state index in [4.69, 9.17) is 0 Å². The Balaban J connectivity index is 2.13. The maximum atomic E-state index is 12.3. The molecule has 0 bridgehead atoms. The van der Waals surface area contributed by atoms with E-state index in [1.807, 2.05) is 19.9 Å². The van der Waals surface area contributed by atoms with E-state index >= 15 is 0 Å². The second kappa shape index (κ2) is 7.04. The molecule has 1 atom stereocenters. The van der Waals surface area contributed by atoms with Gasteiger partial charge in [0.05, 0.1) is 24.2 Å². The molecular weight excluding hydrogens is 328 g/mol. The van der Waals surface area contributed by atoms with Crippen molar-refractivity contribution in [2.45, 2.75) is 19.9 Å². The first-order chi connectivity index (χ1) is 11.2. The molecule has 1 aromatic carbocycles. The van der Waals surface area contributed by atoms with Crippen LogP contribution in [-0.2, 0) is 21.9 Å². The van der Waals surface area contributed by atoms with Crippen molar-refractivity contribution in [3.63, 3.8) is 0 Å². The summed E-state index contributed by atoms with van der Waals surface area (Å²) in [5.74, 6) is -0.377. The van der Waals surface area contributed by atoms with Crippen molar-refractivity contribution in [2.75, 3.05) is 17.1 Å². The predicted molar refractivity (Wildman–Crippen MR) is 93.1 cm³/mol. The third-order valence-electron chi connectivity index (χ3n) is 3.58. The number of carbonyl (C=O) groups excluding carboxylic acids is 1. The van der Waals surface area contributed by atoms with E-state index in [1.165, 1.54) is 0 Å². The highest BCUT2D eigenvalue weighted by atomic mass is 32.2. The summed E-state index contributed by atoms with van der Waals surface area (Å²) in [5, 5.41) is 6.86. The lowest BCUT2D eigenvalue weighted by atomic mass is 10.2. The summed E-state index contributed by atoms with van der Waals surface area (Å²) in [5.41, 5.74) is 2.25. The molecule has 0 radical (unpaired) electrons. The average molecular weight is 350 g/mol. The fourth-order valence-corrected chi connectivity index (χ4v) is 3.20. The molecule has 0 spiro atoms. The van der Waals surface area contributed by atoms with E-state index in [-0.39, 0.29) is 18.5 Å². The zero-order chi connectivity index (χ0) is 17.9. The topological polar surface area (TPSA) is 84.3 Å². The molecule has 0 saturated carbocycles. The molecule has 0 aliphatic carbocycles. The number of amides is 1. The largest absolute Gasteiger partial charge is 0.348 e. The first-order valence-corrected chi connectivity index (χ1v) is 9.34. The lowest BCUT2D eigenvalue weighted by molar-refractivity contribution is -0.120. The fraction of sp³-hybridized carbons (Fsp3) is 0.375. The van der Waals surface area contributed by atoms with Gasteiger partial charge in [-0.1, -0.05) is 12.1 Å². The van der Waals surface area contributed by atoms with Crippen molar-refractivity contribution in [3.05, 3.63) is 47.8 Å². The zero-order valence-corrected chi connectivity index (χ0v) is 15.0. The molecule has 130 valence electrons. The Morgan fingerprint density at radius 1 is 1.42 bits per heavy atom. The molecular formula is C16H22N4O3S. The molecule has 1 N–H and O–H groups in total. The molecule has 1 amide bonds. The molecule has 1 aromatic heterocycles. The third-order valence-corrected chi connectivity index (χ3v) is 4.72. The van der Waals surface area contributed by atoms with Crippen LogP contribution in [0.5, 0.6) is 0 Å². The predicted octanol–water partition coefficient (Wildman–Crippen LogP) is 1.37. The van der Waals surface area contributed by atoms with Crippen LogP contribution >= 0.6 is 0 Å². The highest BCUT2D eigenvalue weighted by Gasteiger charge is 2.22. The maximum Gasteiger partial charge on any atom is 0.241 e. The molecule has 0 aliphatic heterocycles. The average Bonchev–Trinajstić information content (AvgIpc) is 2.90. The number of aryl methyl sites for hydroxylation is 2. The van der Waals surface area contributed by atoms with Crippen LogP contribution in [0.1, 0.15) is 24.1 Å². The van der Waals surface area contributed by atoms with E-state index in [0.29, 0.717) is 5.69 Å². The lowest BCUT2D eigenvalue weighted by Crippen LogP contribution is -2.41. The van der Waals surface area contributed by atoms with Gasteiger partial charge in [-0.25, -0.2) is 8.42 Å². The Morgan fingerprint density at radius 3 is 2.67 bits per heavy atom. The summed E-state index contributed by atoms with van der Waals surface area (Å²) in [6, 6.07) is 6.78. The van der Waals surface area contributed by atoms with Crippen molar-refractivity contribution < 1.29 is 13.2 Å². The van der Waals surface area contributed by atoms with E-state index in [1.54, 1.807) is 42.3 Å². The van der Waals surface area contributed by atoms with Gasteiger partial charge >= 0.3 is 0 Å². The molecule has 24 heavy (non-hydrogen) atoms. The number of nitrogens with one attached hydrogen (secondary N) is 1. The van der Waals surface area contributed by atoms with Crippen LogP contribution in [0.4, 0.5) is 5.69 Å². The number of hydrogen-bond donors (Lipinski definition) is 1. The summed E-state index contributed by atoms with van der Waals surface area (Å²) >= 11 is 0. The van der Waals surface area contributed by atoms with Crippen LogP contribution in [-0.4, -0.2) is 36.9 Å². The Kier molecular flexibility index (Phi) is 5.28. The van der Waals surface area contributed by atoms with E-state index in [9.17, 15) is 13.2 Å². The molecule has 0 aliphatic rings. The van der Waals surface area contributed by atoms with Crippen LogP contribution in [0.3, 0.4) is 0 Å². The van der Waals surface area contributed by atoms with Gasteiger partial charge in [-0.3, -0.25) is 13.8 Å². The molecule has 1 heterocycles. The number of benzene rings is 1. The van der Waals surface area contributed by atoms with Crippen molar-refractivity contribution in [3.8, 4) is 0 Å². The van der Waals surface area contributed by atoms with Crippen molar-refractivity contribution >= 4 is 21.6 Å². The van der Waals surface area contributed by atoms with Crippen molar-refractivity contribution in [1.82, 2.24) is 15.1 Å². The van der Waals surface area contributed by atoms with Gasteiger partial charge in [-0.2, -0.15) is 5.10 Å². The summed E-state index contributed by atoms with van der Waals surface area (Å²) in [7, 11) is -1.78. The number of rotatable bonds is 6. The van der Waals surface area contributed by atoms with Crippen LogP contribution in [0.15, 0.2) is 36.7 Å². The van der Waals surface area contributed by atoms with E-state index in [0.717, 1.165) is 21.7 Å². The molecule has 2 aromatic rings. The lowest BCUT2D eigenvalue weighted by Gasteiger charge is -2.23. The number of carbonyl (C=O) groups is 1. The Hall–Kier alpha value is -2.35. The van der Waals surface area contributed by atoms with Crippen molar-refractivity contribution in [1.29, 1.82) is 0 Å². The first-order valence-electron chi connectivity index (χ1n) is 7.49. The van der Waals surface area contributed by atoms with Crippen LogP contribution in [0, 0.1) is 6.92 Å². The number of aromatic nitrogens is 2. The third kappa shape index (κ3) is 4.58. The summed E-state index contributed by atoms with van der Waals surface area (Å²) in [6.07, 6.45) is 4.56. The van der Waals surface area contributed by atoms with Gasteiger partial charge in [0, 0.05) is 18.8 Å².